The van der Waals surface area contributed by atoms with E-state index in [0.717, 1.165) is 19.3 Å². The Morgan fingerprint density at radius 1 is 1.43 bits per heavy atom. The molecule has 2 amide bonds. The van der Waals surface area contributed by atoms with Gasteiger partial charge < -0.3 is 15.3 Å². The van der Waals surface area contributed by atoms with Gasteiger partial charge in [0.25, 0.3) is 0 Å². The van der Waals surface area contributed by atoms with E-state index in [1.807, 2.05) is 6.07 Å². The highest BCUT2D eigenvalue weighted by Crippen LogP contribution is 2.24. The van der Waals surface area contributed by atoms with Crippen LogP contribution in [-0.2, 0) is 4.79 Å². The summed E-state index contributed by atoms with van der Waals surface area (Å²) in [5, 5.41) is 20.7. The first-order valence-corrected chi connectivity index (χ1v) is 7.88. The molecule has 0 bridgehead atoms. The van der Waals surface area contributed by atoms with E-state index < -0.39 is 5.97 Å². The third kappa shape index (κ3) is 4.60. The van der Waals surface area contributed by atoms with Gasteiger partial charge in [-0.25, -0.2) is 4.79 Å². The number of carbonyl (C=O) groups is 2. The van der Waals surface area contributed by atoms with Crippen LogP contribution in [-0.4, -0.2) is 34.6 Å². The van der Waals surface area contributed by atoms with E-state index in [-0.39, 0.29) is 23.5 Å². The van der Waals surface area contributed by atoms with Crippen LogP contribution in [0.3, 0.4) is 0 Å². The minimum Gasteiger partial charge on any atom is -0.481 e. The molecule has 2 N–H and O–H groups in total. The molecule has 0 aliphatic carbocycles. The van der Waals surface area contributed by atoms with Crippen molar-refractivity contribution in [1.82, 2.24) is 4.90 Å². The van der Waals surface area contributed by atoms with Gasteiger partial charge in [0.1, 0.15) is 6.07 Å². The van der Waals surface area contributed by atoms with E-state index >= 15 is 0 Å². The highest BCUT2D eigenvalue weighted by Gasteiger charge is 2.27. The Kier molecular flexibility index (Phi) is 5.83. The Balaban J connectivity index is 2.04. The van der Waals surface area contributed by atoms with E-state index in [1.165, 1.54) is 6.07 Å². The van der Waals surface area contributed by atoms with Gasteiger partial charge in [0.15, 0.2) is 0 Å². The molecule has 1 aliphatic rings. The Morgan fingerprint density at radius 3 is 2.87 bits per heavy atom. The van der Waals surface area contributed by atoms with E-state index in [1.54, 1.807) is 17.0 Å². The molecule has 7 heteroatoms. The number of rotatable bonds is 4. The lowest BCUT2D eigenvalue weighted by Crippen LogP contribution is -2.46. The minimum absolute atomic E-state index is 0.0527. The number of carboxylic acid groups (broad SMARTS) is 1. The minimum atomic E-state index is -0.852. The molecule has 0 radical (unpaired) electrons. The van der Waals surface area contributed by atoms with Crippen molar-refractivity contribution >= 4 is 29.3 Å². The molecular weight excluding hydrogens is 318 g/mol. The van der Waals surface area contributed by atoms with Crippen molar-refractivity contribution in [1.29, 1.82) is 5.26 Å². The van der Waals surface area contributed by atoms with Gasteiger partial charge in [0.2, 0.25) is 0 Å². The zero-order chi connectivity index (χ0) is 16.8. The predicted octanol–water partition coefficient (Wildman–Crippen LogP) is 3.46. The number of likely N-dealkylation sites (tertiary alicyclic amines) is 1. The van der Waals surface area contributed by atoms with Crippen LogP contribution in [0, 0.1) is 11.3 Å². The number of nitrogens with one attached hydrogen (secondary N) is 1. The molecule has 0 saturated carbocycles. The maximum Gasteiger partial charge on any atom is 0.322 e. The standard InChI is InChI=1S/C16H18ClN3O3/c17-14-9-12(5-4-11(14)10-18)19-16(23)20-8-2-1-3-13(20)6-7-15(21)22/h4-5,9,13H,1-3,6-8H2,(H,19,23)(H,21,22). The van der Waals surface area contributed by atoms with Crippen molar-refractivity contribution in [3.8, 4) is 6.07 Å². The highest BCUT2D eigenvalue weighted by atomic mass is 35.5. The number of hydrogen-bond donors (Lipinski definition) is 2. The molecule has 23 heavy (non-hydrogen) atoms. The Labute approximate surface area is 139 Å². The van der Waals surface area contributed by atoms with Crippen molar-refractivity contribution < 1.29 is 14.7 Å². The molecule has 1 saturated heterocycles. The summed E-state index contributed by atoms with van der Waals surface area (Å²) in [5.41, 5.74) is 0.864. The quantitative estimate of drug-likeness (QED) is 0.881. The fraction of sp³-hybridized carbons (Fsp3) is 0.438. The number of anilines is 1. The van der Waals surface area contributed by atoms with Crippen LogP contribution in [0.5, 0.6) is 0 Å². The van der Waals surface area contributed by atoms with E-state index in [0.29, 0.717) is 24.2 Å². The number of urea groups is 1. The molecule has 1 fully saturated rings. The fourth-order valence-electron chi connectivity index (χ4n) is 2.74. The molecule has 2 rings (SSSR count). The summed E-state index contributed by atoms with van der Waals surface area (Å²) in [6.45, 7) is 0.611. The van der Waals surface area contributed by atoms with Gasteiger partial charge in [-0.15, -0.1) is 0 Å². The van der Waals surface area contributed by atoms with Gasteiger partial charge in [0, 0.05) is 24.7 Å². The summed E-state index contributed by atoms with van der Waals surface area (Å²) < 4.78 is 0. The second-order valence-electron chi connectivity index (χ2n) is 5.51. The lowest BCUT2D eigenvalue weighted by molar-refractivity contribution is -0.137. The van der Waals surface area contributed by atoms with Crippen LogP contribution in [0.25, 0.3) is 0 Å². The molecule has 1 aromatic rings. The zero-order valence-electron chi connectivity index (χ0n) is 12.6. The number of carboxylic acids is 1. The van der Waals surface area contributed by atoms with Gasteiger partial charge >= 0.3 is 12.0 Å². The number of nitrogens with zero attached hydrogens (tertiary/aromatic N) is 2. The lowest BCUT2D eigenvalue weighted by Gasteiger charge is -2.35. The zero-order valence-corrected chi connectivity index (χ0v) is 13.3. The van der Waals surface area contributed by atoms with Gasteiger partial charge in [-0.3, -0.25) is 4.79 Å². The number of halogens is 1. The van der Waals surface area contributed by atoms with Crippen LogP contribution < -0.4 is 5.32 Å². The average Bonchev–Trinajstić information content (AvgIpc) is 2.53. The molecule has 1 unspecified atom stereocenters. The molecular formula is C16H18ClN3O3. The van der Waals surface area contributed by atoms with Crippen molar-refractivity contribution in [2.24, 2.45) is 0 Å². The summed E-state index contributed by atoms with van der Waals surface area (Å²) in [6.07, 6.45) is 3.23. The molecule has 0 spiro atoms. The van der Waals surface area contributed by atoms with Crippen molar-refractivity contribution in [3.63, 3.8) is 0 Å². The number of benzene rings is 1. The second-order valence-corrected chi connectivity index (χ2v) is 5.92. The van der Waals surface area contributed by atoms with Crippen LogP contribution in [0.2, 0.25) is 5.02 Å². The number of hydrogen-bond acceptors (Lipinski definition) is 3. The van der Waals surface area contributed by atoms with Crippen LogP contribution in [0.15, 0.2) is 18.2 Å². The van der Waals surface area contributed by atoms with Gasteiger partial charge in [-0.2, -0.15) is 5.26 Å². The molecule has 1 heterocycles. The highest BCUT2D eigenvalue weighted by molar-refractivity contribution is 6.32. The Hall–Kier alpha value is -2.26. The Morgan fingerprint density at radius 2 is 2.22 bits per heavy atom. The number of piperidine rings is 1. The molecule has 1 aliphatic heterocycles. The van der Waals surface area contributed by atoms with Gasteiger partial charge in [0.05, 0.1) is 10.6 Å². The van der Waals surface area contributed by atoms with Crippen molar-refractivity contribution in [3.05, 3.63) is 28.8 Å². The summed E-state index contributed by atoms with van der Waals surface area (Å²) in [6, 6.07) is 6.35. The SMILES string of the molecule is N#Cc1ccc(NC(=O)N2CCCCC2CCC(=O)O)cc1Cl. The maximum atomic E-state index is 12.4. The van der Waals surface area contributed by atoms with Gasteiger partial charge in [-0.05, 0) is 43.9 Å². The largest absolute Gasteiger partial charge is 0.481 e. The van der Waals surface area contributed by atoms with E-state index in [2.05, 4.69) is 5.32 Å². The first kappa shape index (κ1) is 17.1. The molecule has 122 valence electrons. The third-order valence-electron chi connectivity index (χ3n) is 3.92. The van der Waals surface area contributed by atoms with E-state index in [4.69, 9.17) is 22.0 Å². The molecule has 6 nitrogen and oxygen atoms in total. The van der Waals surface area contributed by atoms with Crippen LogP contribution >= 0.6 is 11.6 Å². The normalized spacial score (nSPS) is 17.4. The van der Waals surface area contributed by atoms with Crippen LogP contribution in [0.4, 0.5) is 10.5 Å². The first-order chi connectivity index (χ1) is 11.0. The number of nitriles is 1. The van der Waals surface area contributed by atoms with Gasteiger partial charge in [-0.1, -0.05) is 11.6 Å². The predicted molar refractivity (Wildman–Crippen MR) is 86.4 cm³/mol. The molecule has 1 atom stereocenters. The smallest absolute Gasteiger partial charge is 0.322 e. The number of carbonyl (C=O) groups excluding carboxylic acids is 1. The molecule has 1 aromatic carbocycles. The van der Waals surface area contributed by atoms with Crippen molar-refractivity contribution in [2.75, 3.05) is 11.9 Å². The third-order valence-corrected chi connectivity index (χ3v) is 4.23. The fourth-order valence-corrected chi connectivity index (χ4v) is 2.96. The average molecular weight is 336 g/mol. The second kappa shape index (κ2) is 7.84. The molecule has 0 aromatic heterocycles. The lowest BCUT2D eigenvalue weighted by atomic mass is 9.98. The summed E-state index contributed by atoms with van der Waals surface area (Å²) in [5.74, 6) is -0.852. The van der Waals surface area contributed by atoms with Crippen LogP contribution in [0.1, 0.15) is 37.7 Å². The summed E-state index contributed by atoms with van der Waals surface area (Å²) in [4.78, 5) is 24.9. The number of aliphatic carboxylic acids is 1. The van der Waals surface area contributed by atoms with E-state index in [9.17, 15) is 9.59 Å². The topological polar surface area (TPSA) is 93.4 Å². The number of amides is 2. The Bertz CT molecular complexity index is 642. The first-order valence-electron chi connectivity index (χ1n) is 7.50. The van der Waals surface area contributed by atoms with Crippen molar-refractivity contribution in [2.45, 2.75) is 38.1 Å². The maximum absolute atomic E-state index is 12.4. The summed E-state index contributed by atoms with van der Waals surface area (Å²) in [7, 11) is 0. The monoisotopic (exact) mass is 335 g/mol. The summed E-state index contributed by atoms with van der Waals surface area (Å²) >= 11 is 5.96.